The molecule has 0 spiro atoms. The zero-order chi connectivity index (χ0) is 20.5. The van der Waals surface area contributed by atoms with Crippen LogP contribution >= 0.6 is 0 Å². The van der Waals surface area contributed by atoms with Crippen molar-refractivity contribution < 1.29 is 13.2 Å². The van der Waals surface area contributed by atoms with Crippen LogP contribution in [0.25, 0.3) is 21.8 Å². The summed E-state index contributed by atoms with van der Waals surface area (Å²) in [5, 5.41) is 2.93. The Kier molecular flexibility index (Phi) is 4.85. The summed E-state index contributed by atoms with van der Waals surface area (Å²) < 4.78 is 25.4. The normalized spacial score (nSPS) is 11.0. The Bertz CT molecular complexity index is 1250. The van der Waals surface area contributed by atoms with Crippen molar-refractivity contribution in [3.05, 3.63) is 75.6 Å². The summed E-state index contributed by atoms with van der Waals surface area (Å²) in [4.78, 5) is 32.1. The van der Waals surface area contributed by atoms with Gasteiger partial charge in [0.15, 0.2) is 11.5 Å². The maximum Gasteiger partial charge on any atom is 0.280 e. The fourth-order valence-corrected chi connectivity index (χ4v) is 3.09. The van der Waals surface area contributed by atoms with Gasteiger partial charge in [0.25, 0.3) is 11.5 Å². The minimum absolute atomic E-state index is 0.0421. The number of aromatic nitrogens is 3. The molecule has 2 aromatic heterocycles. The fourth-order valence-electron chi connectivity index (χ4n) is 2.63. The lowest BCUT2D eigenvalue weighted by molar-refractivity contribution is 0.0981. The number of pyridine rings is 1. The van der Waals surface area contributed by atoms with E-state index in [2.05, 4.69) is 14.9 Å². The topological polar surface area (TPSA) is 118 Å². The lowest BCUT2D eigenvalue weighted by atomic mass is 10.1. The number of hydrogen-bond donors (Lipinski definition) is 2. The number of rotatable bonds is 4. The fraction of sp³-hybridized carbons (Fsp3) is 0.111. The number of hydrogen-bond acceptors (Lipinski definition) is 5. The first-order chi connectivity index (χ1) is 13.2. The van der Waals surface area contributed by atoms with E-state index in [-0.39, 0.29) is 16.9 Å². The Morgan fingerprint density at radius 1 is 1.21 bits per heavy atom. The van der Waals surface area contributed by atoms with Crippen molar-refractivity contribution in [3.63, 3.8) is 0 Å². The Hall–Kier alpha value is -3.71. The van der Waals surface area contributed by atoms with Gasteiger partial charge in [-0.1, -0.05) is 24.3 Å². The second-order valence-electron chi connectivity index (χ2n) is 6.02. The third kappa shape index (κ3) is 3.84. The van der Waals surface area contributed by atoms with Gasteiger partial charge in [0.1, 0.15) is 0 Å². The van der Waals surface area contributed by atoms with Gasteiger partial charge < -0.3 is 0 Å². The summed E-state index contributed by atoms with van der Waals surface area (Å²) in [5.74, 6) is -0.565. The number of sulfonamides is 1. The molecule has 3 aromatic rings. The summed E-state index contributed by atoms with van der Waals surface area (Å²) in [7, 11) is -3.69. The van der Waals surface area contributed by atoms with Gasteiger partial charge in [-0.15, -0.1) is 0 Å². The Morgan fingerprint density at radius 3 is 2.43 bits per heavy atom. The van der Waals surface area contributed by atoms with Gasteiger partial charge >= 0.3 is 0 Å². The van der Waals surface area contributed by atoms with E-state index >= 15 is 0 Å². The molecule has 0 fully saturated rings. The second-order valence-corrected chi connectivity index (χ2v) is 7.77. The summed E-state index contributed by atoms with van der Waals surface area (Å²) in [6.07, 6.45) is 2.06. The minimum Gasteiger partial charge on any atom is -0.293 e. The van der Waals surface area contributed by atoms with Crippen molar-refractivity contribution in [2.24, 2.45) is 0 Å². The van der Waals surface area contributed by atoms with Gasteiger partial charge in [-0.05, 0) is 24.6 Å². The predicted molar refractivity (Wildman–Crippen MR) is 103 cm³/mol. The average molecular weight is 397 g/mol. The molecule has 0 saturated carbocycles. The van der Waals surface area contributed by atoms with Crippen LogP contribution in [0.5, 0.6) is 0 Å². The lowest BCUT2D eigenvalue weighted by Crippen LogP contribution is -2.29. The van der Waals surface area contributed by atoms with Crippen LogP contribution in [0.2, 0.25) is 0 Å². The lowest BCUT2D eigenvalue weighted by Gasteiger charge is -2.04. The zero-order valence-electron chi connectivity index (χ0n) is 14.9. The molecule has 2 heterocycles. The average Bonchev–Trinajstić information content (AvgIpc) is 2.95. The Morgan fingerprint density at radius 2 is 1.89 bits per heavy atom. The molecule has 0 bridgehead atoms. The molecule has 28 heavy (non-hydrogen) atoms. The smallest absolute Gasteiger partial charge is 0.280 e. The van der Waals surface area contributed by atoms with Gasteiger partial charge in [0.2, 0.25) is 10.0 Å². The highest BCUT2D eigenvalue weighted by atomic mass is 32.2. The molecule has 1 aromatic carbocycles. The van der Waals surface area contributed by atoms with E-state index in [1.165, 1.54) is 23.0 Å². The van der Waals surface area contributed by atoms with Crippen LogP contribution in [0.1, 0.15) is 16.1 Å². The van der Waals surface area contributed by atoms with Crippen molar-refractivity contribution in [2.45, 2.75) is 6.92 Å². The third-order valence-electron chi connectivity index (χ3n) is 3.87. The molecule has 142 valence electrons. The SMILES string of the molecule is [C-]#[N+]c1ccc(-c2c(C)[nH]n(-c3ccc(C(=O)NS(C)(=O)=O)cn3)c2=O)cc1. The van der Waals surface area contributed by atoms with Crippen LogP contribution in [0.4, 0.5) is 5.69 Å². The number of nitrogens with one attached hydrogen (secondary N) is 2. The molecule has 0 aliphatic carbocycles. The van der Waals surface area contributed by atoms with Crippen LogP contribution in [-0.2, 0) is 10.0 Å². The van der Waals surface area contributed by atoms with Crippen LogP contribution in [-0.4, -0.2) is 35.3 Å². The highest BCUT2D eigenvalue weighted by molar-refractivity contribution is 7.89. The number of carbonyl (C=O) groups is 1. The van der Waals surface area contributed by atoms with Crippen LogP contribution in [0.3, 0.4) is 0 Å². The van der Waals surface area contributed by atoms with Gasteiger partial charge in [-0.25, -0.2) is 27.7 Å². The maximum absolute atomic E-state index is 12.8. The van der Waals surface area contributed by atoms with E-state index in [1.54, 1.807) is 31.2 Å². The van der Waals surface area contributed by atoms with E-state index in [0.29, 0.717) is 22.5 Å². The summed E-state index contributed by atoms with van der Waals surface area (Å²) >= 11 is 0. The first-order valence-corrected chi connectivity index (χ1v) is 9.87. The number of aromatic amines is 1. The summed E-state index contributed by atoms with van der Waals surface area (Å²) in [5.41, 5.74) is 1.89. The molecule has 0 aliphatic rings. The predicted octanol–water partition coefficient (Wildman–Crippen LogP) is 1.78. The van der Waals surface area contributed by atoms with Gasteiger partial charge in [0.05, 0.1) is 24.0 Å². The van der Waals surface area contributed by atoms with E-state index in [9.17, 15) is 18.0 Å². The van der Waals surface area contributed by atoms with Crippen molar-refractivity contribution in [3.8, 4) is 16.9 Å². The molecule has 3 rings (SSSR count). The van der Waals surface area contributed by atoms with E-state index in [1.807, 2.05) is 4.72 Å². The van der Waals surface area contributed by atoms with Gasteiger partial charge in [0, 0.05) is 11.9 Å². The molecule has 9 nitrogen and oxygen atoms in total. The van der Waals surface area contributed by atoms with Crippen LogP contribution in [0, 0.1) is 13.5 Å². The molecular weight excluding hydrogens is 382 g/mol. The van der Waals surface area contributed by atoms with Crippen LogP contribution < -0.4 is 10.3 Å². The number of benzene rings is 1. The van der Waals surface area contributed by atoms with Crippen molar-refractivity contribution in [2.75, 3.05) is 6.26 Å². The summed E-state index contributed by atoms with van der Waals surface area (Å²) in [6, 6.07) is 9.46. The van der Waals surface area contributed by atoms with Crippen LogP contribution in [0.15, 0.2) is 47.4 Å². The first kappa shape index (κ1) is 19.1. The monoisotopic (exact) mass is 397 g/mol. The largest absolute Gasteiger partial charge is 0.293 e. The molecule has 1 amide bonds. The molecule has 2 N–H and O–H groups in total. The number of amides is 1. The van der Waals surface area contributed by atoms with Gasteiger partial charge in [-0.3, -0.25) is 14.7 Å². The molecular formula is C18H15N5O4S. The Labute approximate surface area is 160 Å². The molecule has 0 unspecified atom stereocenters. The first-order valence-electron chi connectivity index (χ1n) is 7.97. The van der Waals surface area contributed by atoms with Crippen molar-refractivity contribution in [1.29, 1.82) is 0 Å². The minimum atomic E-state index is -3.69. The zero-order valence-corrected chi connectivity index (χ0v) is 15.7. The standard InChI is InChI=1S/C18H15N5O4S/c1-11-16(12-4-7-14(19-2)8-5-12)18(25)23(21-11)15-9-6-13(10-20-15)17(24)22-28(3,26)27/h4-10,21H,1,3H3,(H,22,24). The number of nitrogens with zero attached hydrogens (tertiary/aromatic N) is 3. The highest BCUT2D eigenvalue weighted by Gasteiger charge is 2.16. The summed E-state index contributed by atoms with van der Waals surface area (Å²) in [6.45, 7) is 8.74. The van der Waals surface area contributed by atoms with Crippen molar-refractivity contribution in [1.82, 2.24) is 19.5 Å². The molecule has 10 heteroatoms. The number of aryl methyl sites for hydroxylation is 1. The molecule has 0 aliphatic heterocycles. The van der Waals surface area contributed by atoms with E-state index < -0.39 is 15.9 Å². The van der Waals surface area contributed by atoms with E-state index in [4.69, 9.17) is 6.57 Å². The van der Waals surface area contributed by atoms with Crippen molar-refractivity contribution >= 4 is 21.6 Å². The van der Waals surface area contributed by atoms with E-state index in [0.717, 1.165) is 6.26 Å². The third-order valence-corrected chi connectivity index (χ3v) is 4.43. The molecule has 0 radical (unpaired) electrons. The number of carbonyl (C=O) groups excluding carboxylic acids is 1. The second kappa shape index (κ2) is 7.13. The maximum atomic E-state index is 12.8. The molecule has 0 atom stereocenters. The number of H-pyrrole nitrogens is 1. The quantitative estimate of drug-likeness (QED) is 0.651. The molecule has 0 saturated heterocycles. The Balaban J connectivity index is 1.96. The van der Waals surface area contributed by atoms with Gasteiger partial charge in [-0.2, -0.15) is 0 Å². The highest BCUT2D eigenvalue weighted by Crippen LogP contribution is 2.22.